The summed E-state index contributed by atoms with van der Waals surface area (Å²) in [5, 5.41) is 7.23. The van der Waals surface area contributed by atoms with Crippen molar-refractivity contribution >= 4 is 54.5 Å². The summed E-state index contributed by atoms with van der Waals surface area (Å²) in [4.78, 5) is 0. The standard InChI is InChI=1S/C34H21NO/c1-2-9-22(10-3-1)23-11-8-12-25(19-23)35-31-15-6-4-13-26(31)28-18-17-24-20-33-30(21-29(24)34(28)35)27-14-5-7-16-32(27)36-33/h1-21H. The Bertz CT molecular complexity index is 2090. The van der Waals surface area contributed by atoms with Gasteiger partial charge in [0.05, 0.1) is 11.0 Å². The summed E-state index contributed by atoms with van der Waals surface area (Å²) in [7, 11) is 0. The third kappa shape index (κ3) is 2.73. The van der Waals surface area contributed by atoms with E-state index in [1.165, 1.54) is 43.7 Å². The number of hydrogen-bond donors (Lipinski definition) is 0. The van der Waals surface area contributed by atoms with E-state index >= 15 is 0 Å². The lowest BCUT2D eigenvalue weighted by Crippen LogP contribution is -1.95. The lowest BCUT2D eigenvalue weighted by Gasteiger charge is -2.12. The smallest absolute Gasteiger partial charge is 0.136 e. The Labute approximate surface area is 207 Å². The lowest BCUT2D eigenvalue weighted by molar-refractivity contribution is 0.669. The fraction of sp³-hybridized carbons (Fsp3) is 0. The van der Waals surface area contributed by atoms with Crippen LogP contribution in [0.4, 0.5) is 0 Å². The Morgan fingerprint density at radius 3 is 2.14 bits per heavy atom. The Hall–Kier alpha value is -4.82. The van der Waals surface area contributed by atoms with Gasteiger partial charge in [-0.05, 0) is 52.9 Å². The molecule has 8 aromatic rings. The summed E-state index contributed by atoms with van der Waals surface area (Å²) in [6.07, 6.45) is 0. The fourth-order valence-corrected chi connectivity index (χ4v) is 5.73. The van der Waals surface area contributed by atoms with Gasteiger partial charge in [0.2, 0.25) is 0 Å². The predicted molar refractivity (Wildman–Crippen MR) is 151 cm³/mol. The Morgan fingerprint density at radius 2 is 1.22 bits per heavy atom. The summed E-state index contributed by atoms with van der Waals surface area (Å²) in [6, 6.07) is 45.4. The summed E-state index contributed by atoms with van der Waals surface area (Å²) >= 11 is 0. The lowest BCUT2D eigenvalue weighted by atomic mass is 10.0. The van der Waals surface area contributed by atoms with E-state index in [0.29, 0.717) is 0 Å². The molecule has 0 fully saturated rings. The molecule has 0 aliphatic heterocycles. The van der Waals surface area contributed by atoms with Crippen molar-refractivity contribution in [1.29, 1.82) is 0 Å². The molecule has 6 aromatic carbocycles. The summed E-state index contributed by atoms with van der Waals surface area (Å²) in [5.74, 6) is 0. The highest BCUT2D eigenvalue weighted by atomic mass is 16.3. The molecule has 0 spiro atoms. The molecular weight excluding hydrogens is 438 g/mol. The van der Waals surface area contributed by atoms with Crippen molar-refractivity contribution < 1.29 is 4.42 Å². The minimum atomic E-state index is 0.926. The molecule has 0 amide bonds. The van der Waals surface area contributed by atoms with Crippen LogP contribution in [0, 0.1) is 0 Å². The SMILES string of the molecule is c1ccc(-c2cccc(-n3c4ccccc4c4ccc5cc6oc7ccccc7c6cc5c43)c2)cc1. The third-order valence-corrected chi connectivity index (χ3v) is 7.36. The van der Waals surface area contributed by atoms with Crippen LogP contribution in [0.2, 0.25) is 0 Å². The van der Waals surface area contributed by atoms with Crippen molar-refractivity contribution in [2.75, 3.05) is 0 Å². The maximum atomic E-state index is 6.20. The quantitative estimate of drug-likeness (QED) is 0.252. The van der Waals surface area contributed by atoms with Gasteiger partial charge in [-0.3, -0.25) is 0 Å². The van der Waals surface area contributed by atoms with Gasteiger partial charge >= 0.3 is 0 Å². The second-order valence-corrected chi connectivity index (χ2v) is 9.40. The molecule has 0 atom stereocenters. The van der Waals surface area contributed by atoms with Gasteiger partial charge in [0, 0.05) is 32.6 Å². The fourth-order valence-electron chi connectivity index (χ4n) is 5.73. The van der Waals surface area contributed by atoms with E-state index in [1.807, 2.05) is 12.1 Å². The van der Waals surface area contributed by atoms with Gasteiger partial charge in [-0.1, -0.05) is 91.0 Å². The van der Waals surface area contributed by atoms with Crippen molar-refractivity contribution in [2.45, 2.75) is 0 Å². The van der Waals surface area contributed by atoms with Crippen molar-refractivity contribution in [3.63, 3.8) is 0 Å². The molecular formula is C34H21NO. The first kappa shape index (κ1) is 19.5. The molecule has 0 radical (unpaired) electrons. The maximum Gasteiger partial charge on any atom is 0.136 e. The van der Waals surface area contributed by atoms with Crippen molar-refractivity contribution in [3.05, 3.63) is 127 Å². The number of benzene rings is 6. The first-order valence-electron chi connectivity index (χ1n) is 12.3. The third-order valence-electron chi connectivity index (χ3n) is 7.36. The second kappa shape index (κ2) is 7.34. The zero-order chi connectivity index (χ0) is 23.6. The van der Waals surface area contributed by atoms with E-state index in [1.54, 1.807) is 0 Å². The molecule has 0 saturated carbocycles. The van der Waals surface area contributed by atoms with Crippen LogP contribution in [0.3, 0.4) is 0 Å². The van der Waals surface area contributed by atoms with Crippen molar-refractivity contribution in [1.82, 2.24) is 4.57 Å². The molecule has 0 aliphatic rings. The normalized spacial score (nSPS) is 11.9. The first-order valence-corrected chi connectivity index (χ1v) is 12.3. The Morgan fingerprint density at radius 1 is 0.444 bits per heavy atom. The van der Waals surface area contributed by atoms with Gasteiger partial charge < -0.3 is 8.98 Å². The summed E-state index contributed by atoms with van der Waals surface area (Å²) in [5.41, 5.74) is 7.88. The Kier molecular flexibility index (Phi) is 3.97. The van der Waals surface area contributed by atoms with Crippen LogP contribution < -0.4 is 0 Å². The Balaban J connectivity index is 1.52. The highest BCUT2D eigenvalue weighted by Gasteiger charge is 2.17. The van der Waals surface area contributed by atoms with Crippen LogP contribution in [0.5, 0.6) is 0 Å². The van der Waals surface area contributed by atoms with Gasteiger partial charge in [-0.25, -0.2) is 0 Å². The first-order chi connectivity index (χ1) is 17.8. The van der Waals surface area contributed by atoms with E-state index in [9.17, 15) is 0 Å². The number of fused-ring (bicyclic) bond motifs is 8. The van der Waals surface area contributed by atoms with E-state index in [0.717, 1.165) is 27.6 Å². The van der Waals surface area contributed by atoms with E-state index < -0.39 is 0 Å². The topological polar surface area (TPSA) is 18.1 Å². The van der Waals surface area contributed by atoms with Crippen LogP contribution in [0.25, 0.3) is 71.3 Å². The summed E-state index contributed by atoms with van der Waals surface area (Å²) in [6.45, 7) is 0. The molecule has 0 saturated heterocycles. The average Bonchev–Trinajstić information content (AvgIpc) is 3.48. The molecule has 2 heterocycles. The zero-order valence-corrected chi connectivity index (χ0v) is 19.5. The largest absolute Gasteiger partial charge is 0.456 e. The zero-order valence-electron chi connectivity index (χ0n) is 19.5. The molecule has 2 heteroatoms. The molecule has 2 nitrogen and oxygen atoms in total. The highest BCUT2D eigenvalue weighted by molar-refractivity contribution is 6.21. The van der Waals surface area contributed by atoms with Crippen LogP contribution >= 0.6 is 0 Å². The van der Waals surface area contributed by atoms with Crippen LogP contribution in [0.15, 0.2) is 132 Å². The van der Waals surface area contributed by atoms with Crippen LogP contribution in [-0.4, -0.2) is 4.57 Å². The second-order valence-electron chi connectivity index (χ2n) is 9.40. The molecule has 2 aromatic heterocycles. The molecule has 0 unspecified atom stereocenters. The molecule has 8 rings (SSSR count). The molecule has 0 aliphatic carbocycles. The highest BCUT2D eigenvalue weighted by Crippen LogP contribution is 2.40. The van der Waals surface area contributed by atoms with E-state index in [4.69, 9.17) is 4.42 Å². The number of hydrogen-bond acceptors (Lipinski definition) is 1. The number of nitrogens with zero attached hydrogens (tertiary/aromatic N) is 1. The number of para-hydroxylation sites is 2. The monoisotopic (exact) mass is 459 g/mol. The number of aromatic nitrogens is 1. The van der Waals surface area contributed by atoms with Crippen molar-refractivity contribution in [2.24, 2.45) is 0 Å². The molecule has 36 heavy (non-hydrogen) atoms. The van der Waals surface area contributed by atoms with E-state index in [-0.39, 0.29) is 0 Å². The molecule has 168 valence electrons. The van der Waals surface area contributed by atoms with Gasteiger partial charge in [0.25, 0.3) is 0 Å². The van der Waals surface area contributed by atoms with Gasteiger partial charge in [-0.2, -0.15) is 0 Å². The predicted octanol–water partition coefficient (Wildman–Crippen LogP) is 9.50. The average molecular weight is 460 g/mol. The maximum absolute atomic E-state index is 6.20. The van der Waals surface area contributed by atoms with Crippen LogP contribution in [0.1, 0.15) is 0 Å². The molecule has 0 N–H and O–H groups in total. The number of furan rings is 1. The van der Waals surface area contributed by atoms with E-state index in [2.05, 4.69) is 120 Å². The van der Waals surface area contributed by atoms with Gasteiger partial charge in [0.1, 0.15) is 11.2 Å². The van der Waals surface area contributed by atoms with Gasteiger partial charge in [0.15, 0.2) is 0 Å². The number of rotatable bonds is 2. The summed E-state index contributed by atoms with van der Waals surface area (Å²) < 4.78 is 8.63. The van der Waals surface area contributed by atoms with Crippen LogP contribution in [-0.2, 0) is 0 Å². The minimum absolute atomic E-state index is 0.926. The molecule has 0 bridgehead atoms. The van der Waals surface area contributed by atoms with Crippen molar-refractivity contribution in [3.8, 4) is 16.8 Å². The minimum Gasteiger partial charge on any atom is -0.456 e. The van der Waals surface area contributed by atoms with Gasteiger partial charge in [-0.15, -0.1) is 0 Å².